The quantitative estimate of drug-likeness (QED) is 0.470. The first kappa shape index (κ1) is 20.9. The average Bonchev–Trinajstić information content (AvgIpc) is 3.43. The Hall–Kier alpha value is -3.39. The molecule has 0 radical (unpaired) electrons. The van der Waals surface area contributed by atoms with Crippen molar-refractivity contribution in [1.82, 2.24) is 25.2 Å². The fraction of sp³-hybridized carbons (Fsp3) is 0.261. The molecule has 8 heteroatoms. The van der Waals surface area contributed by atoms with Crippen LogP contribution >= 0.6 is 11.3 Å². The molecule has 4 rings (SSSR count). The van der Waals surface area contributed by atoms with E-state index in [1.54, 1.807) is 11.3 Å². The van der Waals surface area contributed by atoms with Crippen LogP contribution in [0.25, 0.3) is 22.5 Å². The predicted octanol–water partition coefficient (Wildman–Crippen LogP) is 4.37. The molecule has 0 fully saturated rings. The Kier molecular flexibility index (Phi) is 6.47. The number of aromatic amines is 1. The van der Waals surface area contributed by atoms with E-state index in [0.29, 0.717) is 18.8 Å². The lowest BCUT2D eigenvalue weighted by atomic mass is 9.98. The Bertz CT molecular complexity index is 1220. The molecule has 4 aromatic rings. The van der Waals surface area contributed by atoms with Gasteiger partial charge in [-0.2, -0.15) is 4.99 Å². The summed E-state index contributed by atoms with van der Waals surface area (Å²) in [4.78, 5) is 18.4. The second-order valence-corrected chi connectivity index (χ2v) is 8.57. The van der Waals surface area contributed by atoms with Crippen LogP contribution in [-0.4, -0.2) is 31.1 Å². The van der Waals surface area contributed by atoms with E-state index in [1.807, 2.05) is 29.7 Å². The normalized spacial score (nSPS) is 11.7. The van der Waals surface area contributed by atoms with Crippen molar-refractivity contribution in [3.63, 3.8) is 0 Å². The van der Waals surface area contributed by atoms with Gasteiger partial charge in [0.25, 0.3) is 0 Å². The maximum atomic E-state index is 12.1. The summed E-state index contributed by atoms with van der Waals surface area (Å²) in [6.45, 7) is 4.78. The van der Waals surface area contributed by atoms with Crippen LogP contribution in [0.4, 0.5) is 0 Å². The van der Waals surface area contributed by atoms with Crippen molar-refractivity contribution in [2.45, 2.75) is 39.7 Å². The van der Waals surface area contributed by atoms with Crippen molar-refractivity contribution in [2.75, 3.05) is 0 Å². The molecule has 2 aromatic heterocycles. The number of rotatable bonds is 7. The number of benzene rings is 2. The number of carbonyl (C=O) groups is 1. The van der Waals surface area contributed by atoms with Crippen molar-refractivity contribution < 1.29 is 4.79 Å². The second kappa shape index (κ2) is 9.61. The average molecular weight is 433 g/mol. The summed E-state index contributed by atoms with van der Waals surface area (Å²) in [5.74, 6) is 0.592. The molecule has 7 nitrogen and oxygen atoms in total. The standard InChI is InChI=1S/C23H24N6OS/c1-3-4-9-21(30)24-23-29(14-16(2)31-23)15-17-10-12-18(13-11-17)19-7-5-6-8-20(19)22-25-27-28-26-22/h5-8,10-14H,3-4,9,15H2,1-2H3,(H,25,26,27,28). The minimum atomic E-state index is -0.0497. The molecule has 158 valence electrons. The molecule has 2 aromatic carbocycles. The molecule has 0 atom stereocenters. The number of aryl methyl sites for hydroxylation is 1. The molecule has 1 amide bonds. The van der Waals surface area contributed by atoms with Crippen LogP contribution in [-0.2, 0) is 11.3 Å². The van der Waals surface area contributed by atoms with Crippen LogP contribution in [0.5, 0.6) is 0 Å². The number of carbonyl (C=O) groups excluding carboxylic acids is 1. The lowest BCUT2D eigenvalue weighted by Gasteiger charge is -2.09. The van der Waals surface area contributed by atoms with Crippen LogP contribution in [0.15, 0.2) is 59.7 Å². The summed E-state index contributed by atoms with van der Waals surface area (Å²) in [6.07, 6.45) is 4.42. The van der Waals surface area contributed by atoms with Gasteiger partial charge in [0, 0.05) is 29.6 Å². The highest BCUT2D eigenvalue weighted by Gasteiger charge is 2.10. The number of nitrogens with zero attached hydrogens (tertiary/aromatic N) is 5. The van der Waals surface area contributed by atoms with Crippen molar-refractivity contribution in [1.29, 1.82) is 0 Å². The van der Waals surface area contributed by atoms with E-state index in [9.17, 15) is 4.79 Å². The molecule has 0 bridgehead atoms. The number of hydrogen-bond donors (Lipinski definition) is 1. The largest absolute Gasteiger partial charge is 0.319 e. The Balaban J connectivity index is 1.58. The monoisotopic (exact) mass is 432 g/mol. The number of nitrogens with one attached hydrogen (secondary N) is 1. The van der Waals surface area contributed by atoms with Gasteiger partial charge < -0.3 is 4.57 Å². The smallest absolute Gasteiger partial charge is 0.248 e. The highest BCUT2D eigenvalue weighted by Crippen LogP contribution is 2.29. The predicted molar refractivity (Wildman–Crippen MR) is 121 cm³/mol. The zero-order valence-corrected chi connectivity index (χ0v) is 18.4. The first-order valence-corrected chi connectivity index (χ1v) is 11.1. The summed E-state index contributed by atoms with van der Waals surface area (Å²) in [5, 5.41) is 14.2. The van der Waals surface area contributed by atoms with E-state index < -0.39 is 0 Å². The first-order valence-electron chi connectivity index (χ1n) is 10.3. The summed E-state index contributed by atoms with van der Waals surface area (Å²) < 4.78 is 2.05. The number of thiazole rings is 1. The first-order chi connectivity index (χ1) is 15.1. The van der Waals surface area contributed by atoms with Gasteiger partial charge in [-0.05, 0) is 40.5 Å². The van der Waals surface area contributed by atoms with Gasteiger partial charge in [-0.1, -0.05) is 61.9 Å². The third kappa shape index (κ3) is 5.03. The minimum Gasteiger partial charge on any atom is -0.319 e. The fourth-order valence-corrected chi connectivity index (χ4v) is 4.25. The summed E-state index contributed by atoms with van der Waals surface area (Å²) in [6, 6.07) is 16.4. The summed E-state index contributed by atoms with van der Waals surface area (Å²) in [7, 11) is 0. The fourth-order valence-electron chi connectivity index (χ4n) is 3.40. The number of amides is 1. The highest BCUT2D eigenvalue weighted by molar-refractivity contribution is 7.09. The molecule has 2 heterocycles. The van der Waals surface area contributed by atoms with E-state index in [2.05, 4.69) is 69.1 Å². The maximum absolute atomic E-state index is 12.1. The Morgan fingerprint density at radius 1 is 1.13 bits per heavy atom. The van der Waals surface area contributed by atoms with Gasteiger partial charge in [-0.3, -0.25) is 4.79 Å². The van der Waals surface area contributed by atoms with Crippen LogP contribution in [0.3, 0.4) is 0 Å². The molecule has 0 saturated carbocycles. The van der Waals surface area contributed by atoms with Gasteiger partial charge in [-0.25, -0.2) is 5.10 Å². The summed E-state index contributed by atoms with van der Waals surface area (Å²) in [5.41, 5.74) is 4.24. The molecule has 1 N–H and O–H groups in total. The molecule has 0 aliphatic rings. The molecule has 0 saturated heterocycles. The van der Waals surface area contributed by atoms with Crippen molar-refractivity contribution in [3.05, 3.63) is 70.0 Å². The molecular formula is C23H24N6OS. The molecule has 0 unspecified atom stereocenters. The number of hydrogen-bond acceptors (Lipinski definition) is 5. The number of unbranched alkanes of at least 4 members (excludes halogenated alkanes) is 1. The SMILES string of the molecule is CCCCC(=O)N=c1sc(C)cn1Cc1ccc(-c2ccccc2-c2nnn[nH]2)cc1. The van der Waals surface area contributed by atoms with E-state index in [4.69, 9.17) is 0 Å². The summed E-state index contributed by atoms with van der Waals surface area (Å²) >= 11 is 1.55. The maximum Gasteiger partial charge on any atom is 0.248 e. The molecule has 31 heavy (non-hydrogen) atoms. The second-order valence-electron chi connectivity index (χ2n) is 7.35. The Labute approximate surface area is 184 Å². The van der Waals surface area contributed by atoms with Gasteiger partial charge in [-0.15, -0.1) is 16.4 Å². The van der Waals surface area contributed by atoms with Gasteiger partial charge in [0.05, 0.1) is 0 Å². The zero-order valence-electron chi connectivity index (χ0n) is 17.6. The van der Waals surface area contributed by atoms with Crippen molar-refractivity contribution in [3.8, 4) is 22.5 Å². The molecule has 0 aliphatic heterocycles. The van der Waals surface area contributed by atoms with Crippen LogP contribution in [0.2, 0.25) is 0 Å². The molecule has 0 spiro atoms. The van der Waals surface area contributed by atoms with Crippen LogP contribution in [0, 0.1) is 6.92 Å². The topological polar surface area (TPSA) is 88.8 Å². The van der Waals surface area contributed by atoms with Gasteiger partial charge in [0.2, 0.25) is 5.91 Å². The van der Waals surface area contributed by atoms with Crippen molar-refractivity contribution in [2.24, 2.45) is 4.99 Å². The molecular weight excluding hydrogens is 408 g/mol. The molecule has 0 aliphatic carbocycles. The number of tetrazole rings is 1. The van der Waals surface area contributed by atoms with Crippen molar-refractivity contribution >= 4 is 17.2 Å². The van der Waals surface area contributed by atoms with Crippen LogP contribution in [0.1, 0.15) is 36.6 Å². The Morgan fingerprint density at radius 2 is 1.90 bits per heavy atom. The van der Waals surface area contributed by atoms with Crippen LogP contribution < -0.4 is 4.80 Å². The van der Waals surface area contributed by atoms with Gasteiger partial charge >= 0.3 is 0 Å². The van der Waals surface area contributed by atoms with E-state index in [0.717, 1.165) is 44.8 Å². The number of aromatic nitrogens is 5. The Morgan fingerprint density at radius 3 is 2.61 bits per heavy atom. The number of H-pyrrole nitrogens is 1. The van der Waals surface area contributed by atoms with Gasteiger partial charge in [0.15, 0.2) is 10.6 Å². The highest BCUT2D eigenvalue weighted by atomic mass is 32.1. The van der Waals surface area contributed by atoms with Gasteiger partial charge in [0.1, 0.15) is 0 Å². The van der Waals surface area contributed by atoms with E-state index in [1.165, 1.54) is 0 Å². The third-order valence-corrected chi connectivity index (χ3v) is 5.88. The minimum absolute atomic E-state index is 0.0497. The third-order valence-electron chi connectivity index (χ3n) is 4.95. The van der Waals surface area contributed by atoms with E-state index >= 15 is 0 Å². The lowest BCUT2D eigenvalue weighted by molar-refractivity contribution is -0.118. The zero-order chi connectivity index (χ0) is 21.6. The lowest BCUT2D eigenvalue weighted by Crippen LogP contribution is -2.16. The van der Waals surface area contributed by atoms with E-state index in [-0.39, 0.29) is 5.91 Å².